The summed E-state index contributed by atoms with van der Waals surface area (Å²) < 4.78 is 16.1. The van der Waals surface area contributed by atoms with Crippen molar-refractivity contribution < 1.29 is 19.0 Å². The summed E-state index contributed by atoms with van der Waals surface area (Å²) in [7, 11) is 4.95. The van der Waals surface area contributed by atoms with Crippen molar-refractivity contribution in [3.8, 4) is 11.5 Å². The number of nitrogens with one attached hydrogen (secondary N) is 1. The molecular weight excluding hydrogens is 272 g/mol. The first-order valence-electron chi connectivity index (χ1n) is 6.94. The molecule has 1 aromatic carbocycles. The van der Waals surface area contributed by atoms with E-state index in [9.17, 15) is 4.79 Å². The molecule has 1 aliphatic heterocycles. The average Bonchev–Trinajstić information content (AvgIpc) is 2.54. The van der Waals surface area contributed by atoms with Gasteiger partial charge in [0.15, 0.2) is 11.5 Å². The molecule has 1 fully saturated rings. The standard InChI is InChI=1S/C15H22N2O4/c1-17(15(18)13-9-16-7-8-21-13)10-11-5-4-6-12(19-2)14(11)20-3/h4-6,13,16H,7-10H2,1-3H3. The quantitative estimate of drug-likeness (QED) is 0.864. The summed E-state index contributed by atoms with van der Waals surface area (Å²) >= 11 is 0. The summed E-state index contributed by atoms with van der Waals surface area (Å²) in [5.41, 5.74) is 0.900. The lowest BCUT2D eigenvalue weighted by Gasteiger charge is -2.27. The molecule has 21 heavy (non-hydrogen) atoms. The number of carbonyl (C=O) groups excluding carboxylic acids is 1. The van der Waals surface area contributed by atoms with Crippen molar-refractivity contribution in [2.75, 3.05) is 41.0 Å². The summed E-state index contributed by atoms with van der Waals surface area (Å²) in [6.07, 6.45) is -0.416. The zero-order chi connectivity index (χ0) is 15.2. The molecule has 1 atom stereocenters. The summed E-state index contributed by atoms with van der Waals surface area (Å²) in [4.78, 5) is 14.0. The Morgan fingerprint density at radius 1 is 1.43 bits per heavy atom. The number of nitrogens with zero attached hydrogens (tertiary/aromatic N) is 1. The molecule has 0 saturated carbocycles. The van der Waals surface area contributed by atoms with E-state index in [4.69, 9.17) is 14.2 Å². The van der Waals surface area contributed by atoms with Gasteiger partial charge in [-0.3, -0.25) is 4.79 Å². The second-order valence-corrected chi connectivity index (χ2v) is 4.91. The molecule has 0 aliphatic carbocycles. The Bertz CT molecular complexity index is 487. The Morgan fingerprint density at radius 3 is 2.86 bits per heavy atom. The van der Waals surface area contributed by atoms with E-state index in [0.29, 0.717) is 31.2 Å². The SMILES string of the molecule is COc1cccc(CN(C)C(=O)C2CNCCO2)c1OC. The minimum absolute atomic E-state index is 0.0351. The highest BCUT2D eigenvalue weighted by atomic mass is 16.5. The van der Waals surface area contributed by atoms with Gasteiger partial charge in [-0.15, -0.1) is 0 Å². The maximum atomic E-state index is 12.3. The van der Waals surface area contributed by atoms with Crippen molar-refractivity contribution in [1.82, 2.24) is 10.2 Å². The van der Waals surface area contributed by atoms with Crippen molar-refractivity contribution in [2.24, 2.45) is 0 Å². The molecule has 116 valence electrons. The second-order valence-electron chi connectivity index (χ2n) is 4.91. The number of rotatable bonds is 5. The highest BCUT2D eigenvalue weighted by molar-refractivity contribution is 5.81. The highest BCUT2D eigenvalue weighted by Gasteiger charge is 2.25. The molecule has 1 aromatic rings. The lowest BCUT2D eigenvalue weighted by molar-refractivity contribution is -0.144. The zero-order valence-corrected chi connectivity index (χ0v) is 12.7. The van der Waals surface area contributed by atoms with E-state index in [2.05, 4.69) is 5.32 Å². The van der Waals surface area contributed by atoms with Crippen LogP contribution in [0.3, 0.4) is 0 Å². The molecule has 1 saturated heterocycles. The Labute approximate surface area is 125 Å². The smallest absolute Gasteiger partial charge is 0.253 e. The predicted molar refractivity (Wildman–Crippen MR) is 78.6 cm³/mol. The van der Waals surface area contributed by atoms with Crippen LogP contribution < -0.4 is 14.8 Å². The fourth-order valence-corrected chi connectivity index (χ4v) is 2.38. The van der Waals surface area contributed by atoms with Gasteiger partial charge in [0, 0.05) is 32.2 Å². The number of hydrogen-bond donors (Lipinski definition) is 1. The first-order chi connectivity index (χ1) is 10.2. The molecule has 1 heterocycles. The van der Waals surface area contributed by atoms with E-state index < -0.39 is 6.10 Å². The normalized spacial score (nSPS) is 18.1. The Morgan fingerprint density at radius 2 is 2.24 bits per heavy atom. The number of para-hydroxylation sites is 1. The van der Waals surface area contributed by atoms with Gasteiger partial charge in [-0.1, -0.05) is 12.1 Å². The van der Waals surface area contributed by atoms with Crippen molar-refractivity contribution in [3.05, 3.63) is 23.8 Å². The van der Waals surface area contributed by atoms with Gasteiger partial charge in [-0.05, 0) is 6.07 Å². The van der Waals surface area contributed by atoms with Crippen LogP contribution in [0.25, 0.3) is 0 Å². The van der Waals surface area contributed by atoms with Crippen LogP contribution in [0.5, 0.6) is 11.5 Å². The van der Waals surface area contributed by atoms with Crippen molar-refractivity contribution in [1.29, 1.82) is 0 Å². The third kappa shape index (κ3) is 3.65. The Balaban J connectivity index is 2.08. The van der Waals surface area contributed by atoms with Gasteiger partial charge in [-0.25, -0.2) is 0 Å². The highest BCUT2D eigenvalue weighted by Crippen LogP contribution is 2.31. The average molecular weight is 294 g/mol. The molecule has 0 spiro atoms. The molecule has 1 N–H and O–H groups in total. The van der Waals surface area contributed by atoms with Gasteiger partial charge in [0.05, 0.1) is 20.8 Å². The third-order valence-electron chi connectivity index (χ3n) is 3.47. The van der Waals surface area contributed by atoms with Crippen LogP contribution in [-0.2, 0) is 16.1 Å². The lowest BCUT2D eigenvalue weighted by Crippen LogP contribution is -2.48. The predicted octanol–water partition coefficient (Wildman–Crippen LogP) is 0.651. The molecule has 1 aliphatic rings. The molecule has 6 nitrogen and oxygen atoms in total. The van der Waals surface area contributed by atoms with Crippen LogP contribution in [0.4, 0.5) is 0 Å². The fourth-order valence-electron chi connectivity index (χ4n) is 2.38. The van der Waals surface area contributed by atoms with Gasteiger partial charge in [0.25, 0.3) is 5.91 Å². The molecule has 0 bridgehead atoms. The minimum atomic E-state index is -0.416. The molecule has 6 heteroatoms. The monoisotopic (exact) mass is 294 g/mol. The lowest BCUT2D eigenvalue weighted by atomic mass is 10.1. The van der Waals surface area contributed by atoms with Crippen molar-refractivity contribution in [3.63, 3.8) is 0 Å². The maximum Gasteiger partial charge on any atom is 0.253 e. The topological polar surface area (TPSA) is 60.0 Å². The van der Waals surface area contributed by atoms with Crippen LogP contribution in [0, 0.1) is 0 Å². The summed E-state index contributed by atoms with van der Waals surface area (Å²) in [6, 6.07) is 5.64. The van der Waals surface area contributed by atoms with Gasteiger partial charge >= 0.3 is 0 Å². The summed E-state index contributed by atoms with van der Waals surface area (Å²) in [5, 5.41) is 3.16. The van der Waals surface area contributed by atoms with E-state index in [1.54, 1.807) is 26.2 Å². The first-order valence-corrected chi connectivity index (χ1v) is 6.94. The third-order valence-corrected chi connectivity index (χ3v) is 3.47. The maximum absolute atomic E-state index is 12.3. The summed E-state index contributed by atoms with van der Waals surface area (Å²) in [6.45, 7) is 2.35. The second kappa shape index (κ2) is 7.28. The van der Waals surface area contributed by atoms with E-state index in [0.717, 1.165) is 12.1 Å². The van der Waals surface area contributed by atoms with Gasteiger partial charge in [-0.2, -0.15) is 0 Å². The van der Waals surface area contributed by atoms with E-state index in [1.165, 1.54) is 0 Å². The van der Waals surface area contributed by atoms with Crippen LogP contribution >= 0.6 is 0 Å². The molecule has 1 unspecified atom stereocenters. The first kappa shape index (κ1) is 15.6. The number of morpholine rings is 1. The number of carbonyl (C=O) groups is 1. The van der Waals surface area contributed by atoms with Crippen LogP contribution in [0.2, 0.25) is 0 Å². The van der Waals surface area contributed by atoms with Crippen LogP contribution in [0.15, 0.2) is 18.2 Å². The number of hydrogen-bond acceptors (Lipinski definition) is 5. The fraction of sp³-hybridized carbons (Fsp3) is 0.533. The molecule has 2 rings (SSSR count). The van der Waals surface area contributed by atoms with E-state index in [-0.39, 0.29) is 5.91 Å². The number of amides is 1. The number of likely N-dealkylation sites (N-methyl/N-ethyl adjacent to an activating group) is 1. The number of methoxy groups -OCH3 is 2. The Hall–Kier alpha value is -1.79. The molecule has 1 amide bonds. The van der Waals surface area contributed by atoms with E-state index in [1.807, 2.05) is 18.2 Å². The van der Waals surface area contributed by atoms with Gasteiger partial charge in [0.1, 0.15) is 6.10 Å². The molecule has 0 radical (unpaired) electrons. The molecule has 0 aromatic heterocycles. The van der Waals surface area contributed by atoms with Crippen molar-refractivity contribution >= 4 is 5.91 Å². The molecular formula is C15H22N2O4. The van der Waals surface area contributed by atoms with Gasteiger partial charge < -0.3 is 24.4 Å². The van der Waals surface area contributed by atoms with Crippen molar-refractivity contribution in [2.45, 2.75) is 12.6 Å². The zero-order valence-electron chi connectivity index (χ0n) is 12.7. The number of benzene rings is 1. The Kier molecular flexibility index (Phi) is 5.41. The minimum Gasteiger partial charge on any atom is -0.493 e. The largest absolute Gasteiger partial charge is 0.493 e. The van der Waals surface area contributed by atoms with Crippen LogP contribution in [0.1, 0.15) is 5.56 Å². The summed E-state index contributed by atoms with van der Waals surface area (Å²) in [5.74, 6) is 1.28. The van der Waals surface area contributed by atoms with E-state index >= 15 is 0 Å². The van der Waals surface area contributed by atoms with Crippen LogP contribution in [-0.4, -0.2) is 57.9 Å². The number of ether oxygens (including phenoxy) is 3. The van der Waals surface area contributed by atoms with Gasteiger partial charge in [0.2, 0.25) is 0 Å².